The zero-order valence-electron chi connectivity index (χ0n) is 16.9. The van der Waals surface area contributed by atoms with Crippen LogP contribution in [0.1, 0.15) is 34.3 Å². The lowest BCUT2D eigenvalue weighted by atomic mass is 10.1. The van der Waals surface area contributed by atoms with Gasteiger partial charge in [0.2, 0.25) is 10.0 Å². The number of carbonyl (C=O) groups excluding carboxylic acids is 1. The maximum atomic E-state index is 13.0. The molecule has 1 fully saturated rings. The molecule has 4 rings (SSSR count). The van der Waals surface area contributed by atoms with Gasteiger partial charge in [-0.1, -0.05) is 24.3 Å². The van der Waals surface area contributed by atoms with Crippen LogP contribution >= 0.6 is 0 Å². The van der Waals surface area contributed by atoms with E-state index in [2.05, 4.69) is 9.82 Å². The summed E-state index contributed by atoms with van der Waals surface area (Å²) in [6.07, 6.45) is 5.32. The molecule has 1 heterocycles. The lowest BCUT2D eigenvalue weighted by molar-refractivity contribution is 0.0784. The van der Waals surface area contributed by atoms with Gasteiger partial charge < -0.3 is 4.90 Å². The van der Waals surface area contributed by atoms with Crippen molar-refractivity contribution in [2.75, 3.05) is 7.05 Å². The molecule has 0 saturated heterocycles. The number of nitrogens with one attached hydrogen (secondary N) is 1. The molecule has 0 spiro atoms. The number of para-hydroxylation sites is 1. The Kier molecular flexibility index (Phi) is 5.44. The van der Waals surface area contributed by atoms with E-state index in [4.69, 9.17) is 0 Å². The lowest BCUT2D eigenvalue weighted by Gasteiger charge is -2.18. The first-order valence-corrected chi connectivity index (χ1v) is 11.3. The quantitative estimate of drug-likeness (QED) is 0.632. The molecule has 2 aromatic carbocycles. The van der Waals surface area contributed by atoms with E-state index in [9.17, 15) is 13.2 Å². The standard InChI is InChI=1S/C22H24N4O3S/c1-16-8-11-20(30(28,29)24-18-9-10-18)12-21(16)22(27)25(2)14-17-13-23-26(15-17)19-6-4-3-5-7-19/h3-8,11-13,15,18,24H,9-10,14H2,1-2H3. The number of aryl methyl sites for hydroxylation is 1. The van der Waals surface area contributed by atoms with Gasteiger partial charge in [-0.2, -0.15) is 5.10 Å². The van der Waals surface area contributed by atoms with Crippen LogP contribution in [0, 0.1) is 6.92 Å². The SMILES string of the molecule is Cc1ccc(S(=O)(=O)NC2CC2)cc1C(=O)N(C)Cc1cnn(-c2ccccc2)c1. The summed E-state index contributed by atoms with van der Waals surface area (Å²) in [5.74, 6) is -0.233. The number of rotatable bonds is 7. The average Bonchev–Trinajstić information content (AvgIpc) is 3.41. The fraction of sp³-hybridized carbons (Fsp3) is 0.273. The molecule has 1 saturated carbocycles. The Morgan fingerprint density at radius 1 is 1.20 bits per heavy atom. The van der Waals surface area contributed by atoms with E-state index in [1.807, 2.05) is 36.5 Å². The van der Waals surface area contributed by atoms with Gasteiger partial charge >= 0.3 is 0 Å². The van der Waals surface area contributed by atoms with Gasteiger partial charge in [0.1, 0.15) is 0 Å². The molecule has 8 heteroatoms. The minimum atomic E-state index is -3.62. The first kappa shape index (κ1) is 20.3. The first-order valence-electron chi connectivity index (χ1n) is 9.81. The van der Waals surface area contributed by atoms with E-state index in [1.165, 1.54) is 6.07 Å². The maximum absolute atomic E-state index is 13.0. The summed E-state index contributed by atoms with van der Waals surface area (Å²) >= 11 is 0. The zero-order chi connectivity index (χ0) is 21.3. The van der Waals surface area contributed by atoms with Gasteiger partial charge in [-0.05, 0) is 49.6 Å². The normalized spacial score (nSPS) is 13.9. The Hall–Kier alpha value is -2.97. The van der Waals surface area contributed by atoms with E-state index in [0.29, 0.717) is 12.1 Å². The number of sulfonamides is 1. The van der Waals surface area contributed by atoms with Crippen molar-refractivity contribution in [3.05, 3.63) is 77.6 Å². The highest BCUT2D eigenvalue weighted by atomic mass is 32.2. The van der Waals surface area contributed by atoms with Gasteiger partial charge in [-0.25, -0.2) is 17.8 Å². The number of benzene rings is 2. The molecule has 30 heavy (non-hydrogen) atoms. The number of amides is 1. The number of aromatic nitrogens is 2. The molecular weight excluding hydrogens is 400 g/mol. The van der Waals surface area contributed by atoms with Crippen LogP contribution in [0.15, 0.2) is 65.8 Å². The van der Waals surface area contributed by atoms with E-state index in [-0.39, 0.29) is 16.8 Å². The van der Waals surface area contributed by atoms with Gasteiger partial charge in [-0.3, -0.25) is 4.79 Å². The number of hydrogen-bond donors (Lipinski definition) is 1. The minimum Gasteiger partial charge on any atom is -0.337 e. The second-order valence-electron chi connectivity index (χ2n) is 7.66. The highest BCUT2D eigenvalue weighted by Crippen LogP contribution is 2.24. The summed E-state index contributed by atoms with van der Waals surface area (Å²) in [4.78, 5) is 14.7. The van der Waals surface area contributed by atoms with Crippen molar-refractivity contribution < 1.29 is 13.2 Å². The van der Waals surface area contributed by atoms with Gasteiger partial charge in [0, 0.05) is 37.0 Å². The molecule has 3 aromatic rings. The topological polar surface area (TPSA) is 84.3 Å². The lowest BCUT2D eigenvalue weighted by Crippen LogP contribution is -2.28. The van der Waals surface area contributed by atoms with Gasteiger partial charge in [0.15, 0.2) is 0 Å². The fourth-order valence-electron chi connectivity index (χ4n) is 3.20. The molecule has 0 unspecified atom stereocenters. The predicted octanol–water partition coefficient (Wildman–Crippen LogP) is 2.89. The van der Waals surface area contributed by atoms with Crippen molar-refractivity contribution in [1.29, 1.82) is 0 Å². The van der Waals surface area contributed by atoms with E-state index >= 15 is 0 Å². The summed E-state index contributed by atoms with van der Waals surface area (Å²) in [5.41, 5.74) is 2.94. The Morgan fingerprint density at radius 2 is 1.93 bits per heavy atom. The van der Waals surface area contributed by atoms with Crippen molar-refractivity contribution in [2.24, 2.45) is 0 Å². The fourth-order valence-corrected chi connectivity index (χ4v) is 4.53. The second kappa shape index (κ2) is 8.04. The van der Waals surface area contributed by atoms with Crippen molar-refractivity contribution >= 4 is 15.9 Å². The summed E-state index contributed by atoms with van der Waals surface area (Å²) in [7, 11) is -1.92. The van der Waals surface area contributed by atoms with Crippen LogP contribution in [0.4, 0.5) is 0 Å². The smallest absolute Gasteiger partial charge is 0.254 e. The van der Waals surface area contributed by atoms with Crippen molar-refractivity contribution in [3.8, 4) is 5.69 Å². The molecular formula is C22H24N4O3S. The summed E-state index contributed by atoms with van der Waals surface area (Å²) in [6, 6.07) is 14.4. The highest BCUT2D eigenvalue weighted by molar-refractivity contribution is 7.89. The molecule has 1 N–H and O–H groups in total. The third-order valence-electron chi connectivity index (χ3n) is 5.07. The molecule has 1 aliphatic rings. The third kappa shape index (κ3) is 4.44. The molecule has 1 amide bonds. The van der Waals surface area contributed by atoms with Crippen molar-refractivity contribution in [2.45, 2.75) is 37.2 Å². The molecule has 0 radical (unpaired) electrons. The Balaban J connectivity index is 1.51. The van der Waals surface area contributed by atoms with Crippen LogP contribution in [0.5, 0.6) is 0 Å². The Labute approximate surface area is 176 Å². The van der Waals surface area contributed by atoms with Crippen LogP contribution in [0.3, 0.4) is 0 Å². The summed E-state index contributed by atoms with van der Waals surface area (Å²) in [6.45, 7) is 2.17. The van der Waals surface area contributed by atoms with Crippen molar-refractivity contribution in [3.63, 3.8) is 0 Å². The minimum absolute atomic E-state index is 0.0132. The molecule has 1 aliphatic carbocycles. The largest absolute Gasteiger partial charge is 0.337 e. The molecule has 1 aromatic heterocycles. The molecule has 0 bridgehead atoms. The van der Waals surface area contributed by atoms with Crippen molar-refractivity contribution in [1.82, 2.24) is 19.4 Å². The first-order chi connectivity index (χ1) is 14.3. The third-order valence-corrected chi connectivity index (χ3v) is 6.59. The highest BCUT2D eigenvalue weighted by Gasteiger charge is 2.28. The van der Waals surface area contributed by atoms with Crippen LogP contribution in [-0.2, 0) is 16.6 Å². The Bertz CT molecular complexity index is 1170. The van der Waals surface area contributed by atoms with Gasteiger partial charge in [0.25, 0.3) is 5.91 Å². The number of carbonyl (C=O) groups is 1. The maximum Gasteiger partial charge on any atom is 0.254 e. The molecule has 0 aliphatic heterocycles. The monoisotopic (exact) mass is 424 g/mol. The van der Waals surface area contributed by atoms with E-state index < -0.39 is 10.0 Å². The predicted molar refractivity (Wildman–Crippen MR) is 114 cm³/mol. The van der Waals surface area contributed by atoms with Gasteiger partial charge in [0.05, 0.1) is 16.8 Å². The molecule has 7 nitrogen and oxygen atoms in total. The second-order valence-corrected chi connectivity index (χ2v) is 9.38. The van der Waals surface area contributed by atoms with Crippen LogP contribution in [0.2, 0.25) is 0 Å². The molecule has 0 atom stereocenters. The van der Waals surface area contributed by atoms with E-state index in [1.54, 1.807) is 41.9 Å². The van der Waals surface area contributed by atoms with Crippen LogP contribution < -0.4 is 4.72 Å². The average molecular weight is 425 g/mol. The van der Waals surface area contributed by atoms with Crippen LogP contribution in [-0.4, -0.2) is 42.1 Å². The van der Waals surface area contributed by atoms with Gasteiger partial charge in [-0.15, -0.1) is 0 Å². The summed E-state index contributed by atoms with van der Waals surface area (Å²) in [5, 5.41) is 4.36. The zero-order valence-corrected chi connectivity index (χ0v) is 17.8. The molecule has 156 valence electrons. The summed E-state index contributed by atoms with van der Waals surface area (Å²) < 4.78 is 29.5. The van der Waals surface area contributed by atoms with E-state index in [0.717, 1.165) is 29.7 Å². The number of hydrogen-bond acceptors (Lipinski definition) is 4. The Morgan fingerprint density at radius 3 is 2.63 bits per heavy atom. The number of nitrogens with zero attached hydrogens (tertiary/aromatic N) is 3. The van der Waals surface area contributed by atoms with Crippen LogP contribution in [0.25, 0.3) is 5.69 Å².